The number of rotatable bonds is 5. The van der Waals surface area contributed by atoms with Gasteiger partial charge in [0.25, 0.3) is 0 Å². The van der Waals surface area contributed by atoms with Crippen LogP contribution in [0.3, 0.4) is 0 Å². The van der Waals surface area contributed by atoms with Crippen molar-refractivity contribution in [2.24, 2.45) is 0 Å². The van der Waals surface area contributed by atoms with Crippen molar-refractivity contribution in [2.75, 3.05) is 30.4 Å². The lowest BCUT2D eigenvalue weighted by molar-refractivity contribution is -0.274. The van der Waals surface area contributed by atoms with Gasteiger partial charge >= 0.3 is 6.36 Å². The molecule has 1 amide bonds. The maximum atomic E-state index is 12.4. The van der Waals surface area contributed by atoms with Crippen molar-refractivity contribution in [3.63, 3.8) is 0 Å². The summed E-state index contributed by atoms with van der Waals surface area (Å²) >= 11 is 6.10. The van der Waals surface area contributed by atoms with Gasteiger partial charge in [0.2, 0.25) is 5.91 Å². The van der Waals surface area contributed by atoms with Crippen LogP contribution in [0.2, 0.25) is 5.02 Å². The molecule has 144 valence electrons. The summed E-state index contributed by atoms with van der Waals surface area (Å²) in [7, 11) is 0. The Morgan fingerprint density at radius 2 is 1.78 bits per heavy atom. The maximum absolute atomic E-state index is 12.4. The van der Waals surface area contributed by atoms with Gasteiger partial charge in [-0.2, -0.15) is 0 Å². The van der Waals surface area contributed by atoms with E-state index >= 15 is 0 Å². The molecule has 2 N–H and O–H groups in total. The van der Waals surface area contributed by atoms with Crippen molar-refractivity contribution in [2.45, 2.75) is 6.36 Å². The van der Waals surface area contributed by atoms with E-state index in [0.29, 0.717) is 30.4 Å². The number of ether oxygens (including phenoxy) is 3. The molecule has 2 aromatic rings. The van der Waals surface area contributed by atoms with Gasteiger partial charge in [-0.05, 0) is 12.1 Å². The van der Waals surface area contributed by atoms with Crippen molar-refractivity contribution >= 4 is 28.9 Å². The van der Waals surface area contributed by atoms with Crippen LogP contribution in [-0.4, -0.2) is 32.0 Å². The minimum absolute atomic E-state index is 0.0262. The first-order valence-electron chi connectivity index (χ1n) is 7.79. The van der Waals surface area contributed by atoms with Crippen LogP contribution in [0.5, 0.6) is 17.2 Å². The molecule has 1 heterocycles. The predicted octanol–water partition coefficient (Wildman–Crippen LogP) is 4.06. The van der Waals surface area contributed by atoms with Crippen LogP contribution in [-0.2, 0) is 4.79 Å². The number of carbonyl (C=O) groups is 1. The second-order valence-electron chi connectivity index (χ2n) is 5.42. The number of carbonyl (C=O) groups excluding carboxylic acids is 1. The Balaban J connectivity index is 1.64. The van der Waals surface area contributed by atoms with Crippen LogP contribution in [0.1, 0.15) is 0 Å². The molecule has 2 aromatic carbocycles. The Labute approximate surface area is 157 Å². The van der Waals surface area contributed by atoms with Crippen molar-refractivity contribution in [3.05, 3.63) is 41.4 Å². The average molecular weight is 403 g/mol. The molecule has 3 rings (SSSR count). The monoisotopic (exact) mass is 402 g/mol. The second-order valence-corrected chi connectivity index (χ2v) is 5.83. The molecule has 0 saturated carbocycles. The SMILES string of the molecule is O=C(CNc1ccccc1OC(F)(F)F)Nc1cc2c(cc1Cl)OCCO2. The molecule has 27 heavy (non-hydrogen) atoms. The normalized spacial score (nSPS) is 13.0. The van der Waals surface area contributed by atoms with Gasteiger partial charge in [0, 0.05) is 12.1 Å². The van der Waals surface area contributed by atoms with Gasteiger partial charge < -0.3 is 24.8 Å². The van der Waals surface area contributed by atoms with E-state index in [2.05, 4.69) is 15.4 Å². The largest absolute Gasteiger partial charge is 0.573 e. The number of amides is 1. The zero-order valence-electron chi connectivity index (χ0n) is 13.7. The van der Waals surface area contributed by atoms with Crippen molar-refractivity contribution in [3.8, 4) is 17.2 Å². The second kappa shape index (κ2) is 7.83. The molecule has 0 spiro atoms. The molecule has 1 aliphatic heterocycles. The molecular weight excluding hydrogens is 389 g/mol. The van der Waals surface area contributed by atoms with Gasteiger partial charge in [-0.25, -0.2) is 0 Å². The smallest absolute Gasteiger partial charge is 0.486 e. The number of anilines is 2. The third-order valence-electron chi connectivity index (χ3n) is 3.46. The number of halogens is 4. The summed E-state index contributed by atoms with van der Waals surface area (Å²) in [5, 5.41) is 5.41. The molecule has 0 radical (unpaired) electrons. The predicted molar refractivity (Wildman–Crippen MR) is 92.7 cm³/mol. The molecular formula is C17H14ClF3N2O4. The maximum Gasteiger partial charge on any atom is 0.573 e. The van der Waals surface area contributed by atoms with E-state index in [1.807, 2.05) is 0 Å². The number of para-hydroxylation sites is 2. The highest BCUT2D eigenvalue weighted by Gasteiger charge is 2.32. The highest BCUT2D eigenvalue weighted by molar-refractivity contribution is 6.34. The molecule has 0 bridgehead atoms. The van der Waals surface area contributed by atoms with Crippen molar-refractivity contribution < 1.29 is 32.2 Å². The van der Waals surface area contributed by atoms with Crippen LogP contribution < -0.4 is 24.8 Å². The van der Waals surface area contributed by atoms with E-state index in [9.17, 15) is 18.0 Å². The molecule has 0 aliphatic carbocycles. The zero-order valence-corrected chi connectivity index (χ0v) is 14.5. The molecule has 0 atom stereocenters. The van der Waals surface area contributed by atoms with Gasteiger partial charge in [-0.1, -0.05) is 23.7 Å². The molecule has 0 fully saturated rings. The molecule has 10 heteroatoms. The molecule has 6 nitrogen and oxygen atoms in total. The highest BCUT2D eigenvalue weighted by atomic mass is 35.5. The number of nitrogens with one attached hydrogen (secondary N) is 2. The number of benzene rings is 2. The first kappa shape index (κ1) is 19.0. The van der Waals surface area contributed by atoms with E-state index < -0.39 is 18.0 Å². The van der Waals surface area contributed by atoms with Gasteiger partial charge in [-0.15, -0.1) is 13.2 Å². The summed E-state index contributed by atoms with van der Waals surface area (Å²) in [6.07, 6.45) is -4.83. The van der Waals surface area contributed by atoms with Crippen LogP contribution in [0.25, 0.3) is 0 Å². The van der Waals surface area contributed by atoms with Gasteiger partial charge in [0.1, 0.15) is 13.2 Å². The molecule has 1 aliphatic rings. The number of alkyl halides is 3. The highest BCUT2D eigenvalue weighted by Crippen LogP contribution is 2.38. The van der Waals surface area contributed by atoms with Crippen molar-refractivity contribution in [1.29, 1.82) is 0 Å². The van der Waals surface area contributed by atoms with Crippen LogP contribution >= 0.6 is 11.6 Å². The van der Waals surface area contributed by atoms with E-state index in [-0.39, 0.29) is 17.3 Å². The number of fused-ring (bicyclic) bond motifs is 1. The Bertz CT molecular complexity index is 845. The van der Waals surface area contributed by atoms with Crippen LogP contribution in [0.15, 0.2) is 36.4 Å². The summed E-state index contributed by atoms with van der Waals surface area (Å²) in [4.78, 5) is 12.1. The molecule has 0 aromatic heterocycles. The third kappa shape index (κ3) is 5.10. The van der Waals surface area contributed by atoms with Gasteiger partial charge in [0.15, 0.2) is 17.2 Å². The lowest BCUT2D eigenvalue weighted by atomic mass is 10.2. The topological polar surface area (TPSA) is 68.8 Å². The Morgan fingerprint density at radius 1 is 1.11 bits per heavy atom. The summed E-state index contributed by atoms with van der Waals surface area (Å²) in [6, 6.07) is 8.46. The minimum Gasteiger partial charge on any atom is -0.486 e. The summed E-state index contributed by atoms with van der Waals surface area (Å²) in [5.74, 6) is -0.0380. The first-order chi connectivity index (χ1) is 12.8. The van der Waals surface area contributed by atoms with Crippen LogP contribution in [0.4, 0.5) is 24.5 Å². The van der Waals surface area contributed by atoms with E-state index in [1.165, 1.54) is 30.3 Å². The summed E-state index contributed by atoms with van der Waals surface area (Å²) < 4.78 is 52.0. The van der Waals surface area contributed by atoms with E-state index in [4.69, 9.17) is 21.1 Å². The van der Waals surface area contributed by atoms with E-state index in [0.717, 1.165) is 6.07 Å². The fourth-order valence-corrected chi connectivity index (χ4v) is 2.56. The Hall–Kier alpha value is -2.81. The fourth-order valence-electron chi connectivity index (χ4n) is 2.36. The van der Waals surface area contributed by atoms with Crippen LogP contribution in [0, 0.1) is 0 Å². The first-order valence-corrected chi connectivity index (χ1v) is 8.17. The minimum atomic E-state index is -4.83. The Morgan fingerprint density at radius 3 is 2.48 bits per heavy atom. The standard InChI is InChI=1S/C17H14ClF3N2O4/c18-10-7-14-15(26-6-5-25-14)8-12(10)23-16(24)9-22-11-3-1-2-4-13(11)27-17(19,20)21/h1-4,7-8,22H,5-6,9H2,(H,23,24). The number of hydrogen-bond acceptors (Lipinski definition) is 5. The van der Waals surface area contributed by atoms with E-state index in [1.54, 1.807) is 0 Å². The zero-order chi connectivity index (χ0) is 19.4. The van der Waals surface area contributed by atoms with Gasteiger partial charge in [-0.3, -0.25) is 4.79 Å². The lowest BCUT2D eigenvalue weighted by Crippen LogP contribution is -2.23. The molecule has 0 saturated heterocycles. The third-order valence-corrected chi connectivity index (χ3v) is 3.77. The fraction of sp³-hybridized carbons (Fsp3) is 0.235. The van der Waals surface area contributed by atoms with Crippen molar-refractivity contribution in [1.82, 2.24) is 0 Å². The summed E-state index contributed by atoms with van der Waals surface area (Å²) in [6.45, 7) is 0.473. The van der Waals surface area contributed by atoms with Gasteiger partial charge in [0.05, 0.1) is 22.9 Å². The quantitative estimate of drug-likeness (QED) is 0.789. The Kier molecular flexibility index (Phi) is 5.50. The lowest BCUT2D eigenvalue weighted by Gasteiger charge is -2.20. The average Bonchev–Trinajstić information content (AvgIpc) is 2.60. The summed E-state index contributed by atoms with van der Waals surface area (Å²) in [5.41, 5.74) is 0.325. The number of hydrogen-bond donors (Lipinski definition) is 2. The molecule has 0 unspecified atom stereocenters.